The number of hydrogen-bond acceptors (Lipinski definition) is 3. The third kappa shape index (κ3) is 4.31. The Morgan fingerprint density at radius 3 is 2.46 bits per heavy atom. The second-order valence-corrected chi connectivity index (χ2v) is 6.21. The summed E-state index contributed by atoms with van der Waals surface area (Å²) in [6, 6.07) is 16.0. The molecule has 1 aliphatic heterocycles. The highest BCUT2D eigenvalue weighted by Gasteiger charge is 2.22. The Balaban J connectivity index is 1.46. The lowest BCUT2D eigenvalue weighted by Gasteiger charge is -2.36. The van der Waals surface area contributed by atoms with Crippen molar-refractivity contribution in [2.24, 2.45) is 0 Å². The minimum absolute atomic E-state index is 0.0830. The lowest BCUT2D eigenvalue weighted by atomic mass is 10.1. The third-order valence-corrected chi connectivity index (χ3v) is 4.54. The summed E-state index contributed by atoms with van der Waals surface area (Å²) in [5.41, 5.74) is 2.57. The molecule has 3 rings (SSSR count). The molecule has 0 bridgehead atoms. The minimum Gasteiger partial charge on any atom is -0.367 e. The van der Waals surface area contributed by atoms with Crippen molar-refractivity contribution < 1.29 is 9.18 Å². The maximum Gasteiger partial charge on any atom is 0.317 e. The van der Waals surface area contributed by atoms with Crippen molar-refractivity contribution in [3.8, 4) is 6.07 Å². The Labute approximate surface area is 152 Å². The SMILES string of the molecule is N#Cc1ccccc1N1CCN(C(=O)NCCc2ccc(F)cc2)CC1. The monoisotopic (exact) mass is 352 g/mol. The molecular weight excluding hydrogens is 331 g/mol. The van der Waals surface area contributed by atoms with E-state index in [2.05, 4.69) is 16.3 Å². The Bertz CT molecular complexity index is 792. The molecular formula is C20H21FN4O. The molecule has 1 aliphatic rings. The van der Waals surface area contributed by atoms with Crippen LogP contribution in [0.4, 0.5) is 14.9 Å². The molecule has 0 spiro atoms. The van der Waals surface area contributed by atoms with Gasteiger partial charge in [-0.15, -0.1) is 0 Å². The van der Waals surface area contributed by atoms with Crippen molar-refractivity contribution in [1.82, 2.24) is 10.2 Å². The molecule has 1 saturated heterocycles. The quantitative estimate of drug-likeness (QED) is 0.920. The summed E-state index contributed by atoms with van der Waals surface area (Å²) in [4.78, 5) is 16.2. The van der Waals surface area contributed by atoms with Crippen LogP contribution in [0.25, 0.3) is 0 Å². The Morgan fingerprint density at radius 2 is 1.77 bits per heavy atom. The number of halogens is 1. The first kappa shape index (κ1) is 17.7. The van der Waals surface area contributed by atoms with Crippen LogP contribution in [0.3, 0.4) is 0 Å². The summed E-state index contributed by atoms with van der Waals surface area (Å²) < 4.78 is 12.9. The average molecular weight is 352 g/mol. The molecule has 134 valence electrons. The molecule has 0 atom stereocenters. The fourth-order valence-electron chi connectivity index (χ4n) is 3.07. The van der Waals surface area contributed by atoms with Gasteiger partial charge >= 0.3 is 6.03 Å². The zero-order valence-electron chi connectivity index (χ0n) is 14.5. The number of anilines is 1. The Morgan fingerprint density at radius 1 is 1.08 bits per heavy atom. The molecule has 2 aromatic carbocycles. The number of carbonyl (C=O) groups is 1. The van der Waals surface area contributed by atoms with Crippen LogP contribution < -0.4 is 10.2 Å². The number of piperazine rings is 1. The van der Waals surface area contributed by atoms with E-state index in [1.165, 1.54) is 12.1 Å². The van der Waals surface area contributed by atoms with Gasteiger partial charge in [0.1, 0.15) is 11.9 Å². The average Bonchev–Trinajstić information content (AvgIpc) is 2.69. The predicted molar refractivity (Wildman–Crippen MR) is 98.4 cm³/mol. The van der Waals surface area contributed by atoms with Crippen LogP contribution in [0.5, 0.6) is 0 Å². The molecule has 0 aromatic heterocycles. The number of para-hydroxylation sites is 1. The summed E-state index contributed by atoms with van der Waals surface area (Å²) in [7, 11) is 0. The van der Waals surface area contributed by atoms with Crippen molar-refractivity contribution in [1.29, 1.82) is 5.26 Å². The predicted octanol–water partition coefficient (Wildman–Crippen LogP) is 2.77. The van der Waals surface area contributed by atoms with Gasteiger partial charge in [0.25, 0.3) is 0 Å². The topological polar surface area (TPSA) is 59.4 Å². The number of benzene rings is 2. The second kappa shape index (κ2) is 8.34. The molecule has 6 heteroatoms. The smallest absolute Gasteiger partial charge is 0.317 e. The molecule has 26 heavy (non-hydrogen) atoms. The van der Waals surface area contributed by atoms with E-state index in [1.54, 1.807) is 17.0 Å². The molecule has 0 aliphatic carbocycles. The number of nitriles is 1. The number of amides is 2. The highest BCUT2D eigenvalue weighted by atomic mass is 19.1. The normalized spacial score (nSPS) is 14.0. The van der Waals surface area contributed by atoms with Crippen molar-refractivity contribution in [3.05, 3.63) is 65.5 Å². The molecule has 0 radical (unpaired) electrons. The van der Waals surface area contributed by atoms with Crippen LogP contribution in [0.2, 0.25) is 0 Å². The van der Waals surface area contributed by atoms with Crippen LogP contribution in [0.15, 0.2) is 48.5 Å². The maximum atomic E-state index is 12.9. The standard InChI is InChI=1S/C20H21FN4O/c21-18-7-5-16(6-8-18)9-10-23-20(26)25-13-11-24(12-14-25)19-4-2-1-3-17(19)15-22/h1-8H,9-14H2,(H,23,26). The number of urea groups is 1. The van der Waals surface area contributed by atoms with Gasteiger partial charge in [-0.25, -0.2) is 9.18 Å². The van der Waals surface area contributed by atoms with Crippen molar-refractivity contribution in [2.75, 3.05) is 37.6 Å². The van der Waals surface area contributed by atoms with E-state index in [0.29, 0.717) is 44.7 Å². The van der Waals surface area contributed by atoms with Gasteiger partial charge in [-0.3, -0.25) is 0 Å². The van der Waals surface area contributed by atoms with Gasteiger partial charge in [0.15, 0.2) is 0 Å². The first-order chi connectivity index (χ1) is 12.7. The van der Waals surface area contributed by atoms with E-state index in [-0.39, 0.29) is 11.8 Å². The van der Waals surface area contributed by atoms with Gasteiger partial charge in [0, 0.05) is 32.7 Å². The molecule has 1 N–H and O–H groups in total. The number of carbonyl (C=O) groups excluding carboxylic acids is 1. The first-order valence-electron chi connectivity index (χ1n) is 8.68. The van der Waals surface area contributed by atoms with Crippen LogP contribution in [0.1, 0.15) is 11.1 Å². The van der Waals surface area contributed by atoms with E-state index in [1.807, 2.05) is 24.3 Å². The van der Waals surface area contributed by atoms with Crippen LogP contribution >= 0.6 is 0 Å². The fraction of sp³-hybridized carbons (Fsp3) is 0.300. The summed E-state index contributed by atoms with van der Waals surface area (Å²) >= 11 is 0. The van der Waals surface area contributed by atoms with Gasteiger partial charge in [0.05, 0.1) is 11.3 Å². The van der Waals surface area contributed by atoms with Crippen molar-refractivity contribution in [3.63, 3.8) is 0 Å². The molecule has 2 amide bonds. The lowest BCUT2D eigenvalue weighted by Crippen LogP contribution is -2.52. The number of rotatable bonds is 4. The Kier molecular flexibility index (Phi) is 5.69. The number of hydrogen-bond donors (Lipinski definition) is 1. The van der Waals surface area contributed by atoms with Crippen LogP contribution in [-0.2, 0) is 6.42 Å². The first-order valence-corrected chi connectivity index (χ1v) is 8.68. The molecule has 1 heterocycles. The van der Waals surface area contributed by atoms with E-state index in [4.69, 9.17) is 0 Å². The summed E-state index contributed by atoms with van der Waals surface area (Å²) in [5.74, 6) is -0.256. The third-order valence-electron chi connectivity index (χ3n) is 4.54. The summed E-state index contributed by atoms with van der Waals surface area (Å²) in [5, 5.41) is 12.1. The number of nitrogens with one attached hydrogen (secondary N) is 1. The maximum absolute atomic E-state index is 12.9. The minimum atomic E-state index is -0.256. The molecule has 2 aromatic rings. The molecule has 5 nitrogen and oxygen atoms in total. The van der Waals surface area contributed by atoms with E-state index in [9.17, 15) is 14.4 Å². The van der Waals surface area contributed by atoms with Gasteiger partial charge in [-0.05, 0) is 36.2 Å². The van der Waals surface area contributed by atoms with Gasteiger partial charge in [0.2, 0.25) is 0 Å². The largest absolute Gasteiger partial charge is 0.367 e. The summed E-state index contributed by atoms with van der Waals surface area (Å²) in [6.45, 7) is 3.14. The highest BCUT2D eigenvalue weighted by Crippen LogP contribution is 2.21. The fourth-order valence-corrected chi connectivity index (χ4v) is 3.07. The van der Waals surface area contributed by atoms with Crippen LogP contribution in [0, 0.1) is 17.1 Å². The molecule has 0 unspecified atom stereocenters. The van der Waals surface area contributed by atoms with Gasteiger partial charge in [-0.2, -0.15) is 5.26 Å². The molecule has 1 fully saturated rings. The highest BCUT2D eigenvalue weighted by molar-refractivity contribution is 5.74. The van der Waals surface area contributed by atoms with Crippen molar-refractivity contribution in [2.45, 2.75) is 6.42 Å². The van der Waals surface area contributed by atoms with E-state index < -0.39 is 0 Å². The van der Waals surface area contributed by atoms with Crippen molar-refractivity contribution >= 4 is 11.7 Å². The van der Waals surface area contributed by atoms with E-state index in [0.717, 1.165) is 11.3 Å². The zero-order valence-corrected chi connectivity index (χ0v) is 14.5. The number of nitrogens with zero attached hydrogens (tertiary/aromatic N) is 3. The second-order valence-electron chi connectivity index (χ2n) is 6.21. The zero-order chi connectivity index (χ0) is 18.4. The van der Waals surface area contributed by atoms with E-state index >= 15 is 0 Å². The molecule has 0 saturated carbocycles. The van der Waals surface area contributed by atoms with Crippen LogP contribution in [-0.4, -0.2) is 43.7 Å². The summed E-state index contributed by atoms with van der Waals surface area (Å²) in [6.07, 6.45) is 0.668. The van der Waals surface area contributed by atoms with Gasteiger partial charge < -0.3 is 15.1 Å². The van der Waals surface area contributed by atoms with Gasteiger partial charge in [-0.1, -0.05) is 24.3 Å². The Hall–Kier alpha value is -3.07. The lowest BCUT2D eigenvalue weighted by molar-refractivity contribution is 0.194.